The van der Waals surface area contributed by atoms with Crippen molar-refractivity contribution in [1.82, 2.24) is 0 Å². The number of nitrogens with two attached hydrogens (primary N) is 1. The van der Waals surface area contributed by atoms with Crippen molar-refractivity contribution in [2.45, 2.75) is 135 Å². The van der Waals surface area contributed by atoms with Gasteiger partial charge in [0, 0.05) is 5.54 Å². The molecule has 0 bridgehead atoms. The van der Waals surface area contributed by atoms with Crippen molar-refractivity contribution >= 4 is 0 Å². The molecule has 0 aliphatic heterocycles. The molecule has 5 N–H and O–H groups in total. The van der Waals surface area contributed by atoms with Gasteiger partial charge in [-0.25, -0.2) is 0 Å². The first-order valence-corrected chi connectivity index (χ1v) is 11.6. The Morgan fingerprint density at radius 2 is 1.36 bits per heavy atom. The first kappa shape index (κ1) is 24.1. The van der Waals surface area contributed by atoms with Crippen molar-refractivity contribution in [1.29, 1.82) is 0 Å². The molecule has 166 valence electrons. The van der Waals surface area contributed by atoms with Crippen LogP contribution in [0.2, 0.25) is 0 Å². The van der Waals surface area contributed by atoms with Crippen LogP contribution in [0.5, 0.6) is 0 Å². The van der Waals surface area contributed by atoms with E-state index in [2.05, 4.69) is 13.8 Å². The summed E-state index contributed by atoms with van der Waals surface area (Å²) in [6.45, 7) is 12.2. The Balaban J connectivity index is 2.25. The summed E-state index contributed by atoms with van der Waals surface area (Å²) in [6.07, 6.45) is 10.2. The van der Waals surface area contributed by atoms with Crippen molar-refractivity contribution in [3.63, 3.8) is 0 Å². The van der Waals surface area contributed by atoms with Crippen LogP contribution in [0.4, 0.5) is 0 Å². The third-order valence-electron chi connectivity index (χ3n) is 8.46. The Bertz CT molecular complexity index is 501. The van der Waals surface area contributed by atoms with Crippen LogP contribution in [0.15, 0.2) is 0 Å². The second-order valence-electron chi connectivity index (χ2n) is 11.9. The van der Waals surface area contributed by atoms with Crippen LogP contribution in [-0.4, -0.2) is 38.2 Å². The molecule has 2 aliphatic carbocycles. The summed E-state index contributed by atoms with van der Waals surface area (Å²) >= 11 is 0. The average molecular weight is 398 g/mol. The molecule has 1 unspecified atom stereocenters. The third kappa shape index (κ3) is 4.94. The molecule has 2 fully saturated rings. The Hall–Kier alpha value is -0.160. The van der Waals surface area contributed by atoms with E-state index in [4.69, 9.17) is 5.73 Å². The lowest BCUT2D eigenvalue weighted by Gasteiger charge is -2.57. The molecule has 0 aromatic heterocycles. The smallest absolute Gasteiger partial charge is 0.0591 e. The number of aliphatic hydroxyl groups is 3. The molecule has 0 aromatic rings. The first-order valence-electron chi connectivity index (χ1n) is 11.6. The molecule has 0 radical (unpaired) electrons. The van der Waals surface area contributed by atoms with Gasteiger partial charge in [0.25, 0.3) is 0 Å². The lowest BCUT2D eigenvalue weighted by atomic mass is 9.51. The van der Waals surface area contributed by atoms with Gasteiger partial charge in [-0.3, -0.25) is 0 Å². The van der Waals surface area contributed by atoms with Crippen LogP contribution in [-0.2, 0) is 0 Å². The number of aliphatic hydroxyl groups excluding tert-OH is 1. The number of hydrogen-bond acceptors (Lipinski definition) is 4. The predicted molar refractivity (Wildman–Crippen MR) is 116 cm³/mol. The summed E-state index contributed by atoms with van der Waals surface area (Å²) in [7, 11) is 0. The van der Waals surface area contributed by atoms with Crippen LogP contribution < -0.4 is 5.73 Å². The van der Waals surface area contributed by atoms with Gasteiger partial charge in [-0.2, -0.15) is 0 Å². The summed E-state index contributed by atoms with van der Waals surface area (Å²) in [5.41, 5.74) is 5.63. The quantitative estimate of drug-likeness (QED) is 0.460. The van der Waals surface area contributed by atoms with Gasteiger partial charge in [0.05, 0.1) is 17.3 Å². The van der Waals surface area contributed by atoms with E-state index in [9.17, 15) is 15.3 Å². The molecule has 0 aromatic carbocycles. The van der Waals surface area contributed by atoms with Gasteiger partial charge in [-0.05, 0) is 95.8 Å². The first-order chi connectivity index (χ1) is 12.6. The zero-order valence-corrected chi connectivity index (χ0v) is 19.4. The highest BCUT2D eigenvalue weighted by atomic mass is 16.3. The van der Waals surface area contributed by atoms with Gasteiger partial charge in [0.2, 0.25) is 0 Å². The maximum absolute atomic E-state index is 10.7. The molecule has 4 atom stereocenters. The largest absolute Gasteiger partial charge is 0.393 e. The van der Waals surface area contributed by atoms with Crippen molar-refractivity contribution in [3.8, 4) is 0 Å². The van der Waals surface area contributed by atoms with Crippen LogP contribution in [0.25, 0.3) is 0 Å². The van der Waals surface area contributed by atoms with Gasteiger partial charge >= 0.3 is 0 Å². The molecule has 0 saturated heterocycles. The Morgan fingerprint density at radius 1 is 0.857 bits per heavy atom. The molecule has 4 heteroatoms. The zero-order chi connectivity index (χ0) is 21.4. The molecule has 0 heterocycles. The SMILES string of the molecule is CC(C)(O)CCCC(C)(CCCC(C)(C)O)[C@@]1(N)CCC2[C@@H](O)CCC[C@@]21C. The number of hydrogen-bond donors (Lipinski definition) is 4. The van der Waals surface area contributed by atoms with Gasteiger partial charge in [0.1, 0.15) is 0 Å². The summed E-state index contributed by atoms with van der Waals surface area (Å²) in [6, 6.07) is 0. The lowest BCUT2D eigenvalue weighted by molar-refractivity contribution is -0.0701. The maximum atomic E-state index is 10.7. The monoisotopic (exact) mass is 397 g/mol. The van der Waals surface area contributed by atoms with E-state index in [0.29, 0.717) is 5.92 Å². The number of rotatable bonds is 9. The lowest BCUT2D eigenvalue weighted by Crippen LogP contribution is -2.64. The van der Waals surface area contributed by atoms with E-state index < -0.39 is 11.2 Å². The van der Waals surface area contributed by atoms with E-state index >= 15 is 0 Å². The van der Waals surface area contributed by atoms with Crippen molar-refractivity contribution in [3.05, 3.63) is 0 Å². The van der Waals surface area contributed by atoms with Crippen molar-refractivity contribution in [2.75, 3.05) is 0 Å². The second-order valence-corrected chi connectivity index (χ2v) is 11.9. The highest BCUT2D eigenvalue weighted by Crippen LogP contribution is 2.63. The van der Waals surface area contributed by atoms with Crippen LogP contribution >= 0.6 is 0 Å². The van der Waals surface area contributed by atoms with Gasteiger partial charge in [-0.15, -0.1) is 0 Å². The van der Waals surface area contributed by atoms with Gasteiger partial charge < -0.3 is 21.1 Å². The average Bonchev–Trinajstić information content (AvgIpc) is 2.79. The molecule has 0 spiro atoms. The maximum Gasteiger partial charge on any atom is 0.0591 e. The normalized spacial score (nSPS) is 34.5. The zero-order valence-electron chi connectivity index (χ0n) is 19.4. The minimum atomic E-state index is -0.654. The van der Waals surface area contributed by atoms with Gasteiger partial charge in [0.15, 0.2) is 0 Å². The molecule has 2 saturated carbocycles. The van der Waals surface area contributed by atoms with E-state index in [0.717, 1.165) is 70.6 Å². The minimum Gasteiger partial charge on any atom is -0.393 e. The Kier molecular flexibility index (Phi) is 7.03. The van der Waals surface area contributed by atoms with Crippen LogP contribution in [0, 0.1) is 16.7 Å². The Labute approximate surface area is 173 Å². The third-order valence-corrected chi connectivity index (χ3v) is 8.46. The summed E-state index contributed by atoms with van der Waals surface area (Å²) in [5, 5.41) is 31.1. The van der Waals surface area contributed by atoms with E-state index in [1.807, 2.05) is 27.7 Å². The van der Waals surface area contributed by atoms with Crippen LogP contribution in [0.1, 0.15) is 112 Å². The van der Waals surface area contributed by atoms with E-state index in [1.54, 1.807) is 0 Å². The molecule has 4 nitrogen and oxygen atoms in total. The molecular weight excluding hydrogens is 350 g/mol. The molecular formula is C24H47NO3. The topological polar surface area (TPSA) is 86.7 Å². The van der Waals surface area contributed by atoms with Crippen molar-refractivity contribution < 1.29 is 15.3 Å². The summed E-state index contributed by atoms with van der Waals surface area (Å²) in [5.74, 6) is 0.300. The summed E-state index contributed by atoms with van der Waals surface area (Å²) < 4.78 is 0. The fourth-order valence-corrected chi connectivity index (χ4v) is 6.61. The van der Waals surface area contributed by atoms with E-state index in [-0.39, 0.29) is 22.5 Å². The second kappa shape index (κ2) is 8.17. The fraction of sp³-hybridized carbons (Fsp3) is 1.00. The molecule has 0 amide bonds. The van der Waals surface area contributed by atoms with E-state index in [1.165, 1.54) is 0 Å². The molecule has 2 rings (SSSR count). The molecule has 2 aliphatic rings. The highest BCUT2D eigenvalue weighted by molar-refractivity contribution is 5.18. The van der Waals surface area contributed by atoms with Crippen LogP contribution in [0.3, 0.4) is 0 Å². The highest BCUT2D eigenvalue weighted by Gasteiger charge is 2.63. The Morgan fingerprint density at radius 3 is 1.82 bits per heavy atom. The minimum absolute atomic E-state index is 0.0388. The van der Waals surface area contributed by atoms with Crippen molar-refractivity contribution in [2.24, 2.45) is 22.5 Å². The van der Waals surface area contributed by atoms with Gasteiger partial charge in [-0.1, -0.05) is 33.1 Å². The molecule has 28 heavy (non-hydrogen) atoms. The predicted octanol–water partition coefficient (Wildman–Crippen LogP) is 4.53. The fourth-order valence-electron chi connectivity index (χ4n) is 6.61. The standard InChI is InChI=1S/C24H47NO3/c1-20(2,27)12-8-14-22(5,15-9-13-21(3,4)28)24(25)17-11-18-19(26)10-7-16-23(18,24)6/h18-19,26-28H,7-17,25H2,1-6H3/t18?,19-,23-,24-/m0/s1. The summed E-state index contributed by atoms with van der Waals surface area (Å²) in [4.78, 5) is 0. The number of fused-ring (bicyclic) bond motifs is 1.